The van der Waals surface area contributed by atoms with E-state index in [2.05, 4.69) is 15.3 Å². The van der Waals surface area contributed by atoms with Crippen molar-refractivity contribution in [1.82, 2.24) is 24.9 Å². The van der Waals surface area contributed by atoms with E-state index >= 15 is 0 Å². The highest BCUT2D eigenvalue weighted by Gasteiger charge is 2.27. The van der Waals surface area contributed by atoms with Gasteiger partial charge in [-0.25, -0.2) is 15.0 Å². The predicted octanol–water partition coefficient (Wildman–Crippen LogP) is 0.858. The van der Waals surface area contributed by atoms with E-state index in [0.29, 0.717) is 50.4 Å². The number of para-hydroxylation sites is 1. The van der Waals surface area contributed by atoms with Crippen LogP contribution in [0.5, 0.6) is 0 Å². The fourth-order valence-corrected chi connectivity index (χ4v) is 4.81. The number of nitrogens with one attached hydrogen (secondary N) is 1. The summed E-state index contributed by atoms with van der Waals surface area (Å²) in [6, 6.07) is 9.82. The minimum absolute atomic E-state index is 0.0517. The maximum absolute atomic E-state index is 13.2. The number of hydrogen-bond acceptors (Lipinski definition) is 9. The first-order valence-electron chi connectivity index (χ1n) is 11.9. The van der Waals surface area contributed by atoms with Crippen molar-refractivity contribution in [2.75, 3.05) is 50.1 Å². The van der Waals surface area contributed by atoms with Gasteiger partial charge in [-0.2, -0.15) is 4.98 Å². The number of carbonyl (C=O) groups excluding carboxylic acids is 1. The number of nitrogen functional groups attached to an aromatic ring is 1. The summed E-state index contributed by atoms with van der Waals surface area (Å²) >= 11 is 0. The van der Waals surface area contributed by atoms with Crippen LogP contribution in [0.4, 0.5) is 17.5 Å². The van der Waals surface area contributed by atoms with Gasteiger partial charge in [-0.3, -0.25) is 9.59 Å². The van der Waals surface area contributed by atoms with Gasteiger partial charge in [0, 0.05) is 25.8 Å². The van der Waals surface area contributed by atoms with E-state index < -0.39 is 11.3 Å². The first kappa shape index (κ1) is 23.2. The molecule has 2 saturated heterocycles. The Kier molecular flexibility index (Phi) is 6.62. The minimum Gasteiger partial charge on any atom is -0.384 e. The number of hydrogen-bond donors (Lipinski definition) is 3. The molecule has 11 heteroatoms. The highest BCUT2D eigenvalue weighted by atomic mass is 16.5. The lowest BCUT2D eigenvalue weighted by atomic mass is 9.97. The molecule has 5 rings (SSSR count). The molecule has 2 aliphatic heterocycles. The maximum atomic E-state index is 13.2. The van der Waals surface area contributed by atoms with E-state index in [-0.39, 0.29) is 16.8 Å². The van der Waals surface area contributed by atoms with Gasteiger partial charge >= 0.3 is 0 Å². The van der Waals surface area contributed by atoms with Crippen molar-refractivity contribution in [2.24, 2.45) is 11.7 Å². The monoisotopic (exact) mass is 478 g/mol. The summed E-state index contributed by atoms with van der Waals surface area (Å²) in [4.78, 5) is 34.7. The number of morpholine rings is 1. The Morgan fingerprint density at radius 1 is 1.17 bits per heavy atom. The van der Waals surface area contributed by atoms with Crippen molar-refractivity contribution in [3.8, 4) is 0 Å². The number of nitrogens with zero attached hydrogens (tertiary/aromatic N) is 5. The molecule has 0 bridgehead atoms. The molecule has 2 aromatic heterocycles. The fraction of sp³-hybridized carbons (Fsp3) is 0.417. The van der Waals surface area contributed by atoms with Gasteiger partial charge in [0.15, 0.2) is 5.65 Å². The quantitative estimate of drug-likeness (QED) is 0.470. The number of ether oxygens (including phenoxy) is 1. The molecule has 2 fully saturated rings. The molecule has 0 radical (unpaired) electrons. The molecule has 2 aliphatic rings. The Morgan fingerprint density at radius 2 is 1.89 bits per heavy atom. The van der Waals surface area contributed by atoms with Crippen molar-refractivity contribution < 1.29 is 9.53 Å². The molecule has 4 heterocycles. The number of anilines is 3. The Balaban J connectivity index is 1.68. The Labute approximate surface area is 202 Å². The number of amides is 1. The van der Waals surface area contributed by atoms with E-state index in [1.165, 1.54) is 6.20 Å². The van der Waals surface area contributed by atoms with Crippen molar-refractivity contribution >= 4 is 34.4 Å². The average Bonchev–Trinajstić information content (AvgIpc) is 2.88. The summed E-state index contributed by atoms with van der Waals surface area (Å²) in [7, 11) is 0. The van der Waals surface area contributed by atoms with E-state index in [0.717, 1.165) is 31.6 Å². The summed E-state index contributed by atoms with van der Waals surface area (Å²) in [5, 5.41) is 7.65. The van der Waals surface area contributed by atoms with Crippen LogP contribution in [0.15, 0.2) is 41.3 Å². The number of primary amides is 1. The molecule has 1 aromatic carbocycles. The van der Waals surface area contributed by atoms with Crippen LogP contribution in [-0.2, 0) is 11.3 Å². The topological polar surface area (TPSA) is 145 Å². The normalized spacial score (nSPS) is 17.5. The van der Waals surface area contributed by atoms with Gasteiger partial charge < -0.3 is 26.1 Å². The van der Waals surface area contributed by atoms with Gasteiger partial charge in [0.2, 0.25) is 11.4 Å². The minimum atomic E-state index is -0.850. The third-order valence-electron chi connectivity index (χ3n) is 6.64. The third kappa shape index (κ3) is 4.57. The summed E-state index contributed by atoms with van der Waals surface area (Å²) < 4.78 is 7.31. The predicted molar refractivity (Wildman–Crippen MR) is 133 cm³/mol. The number of fused-ring (bicyclic) bond motifs is 1. The molecule has 184 valence electrons. The molecule has 1 amide bonds. The van der Waals surface area contributed by atoms with Crippen LogP contribution in [-0.4, -0.2) is 64.8 Å². The summed E-state index contributed by atoms with van der Waals surface area (Å²) in [6.45, 7) is 4.86. The second-order valence-electron chi connectivity index (χ2n) is 8.88. The Morgan fingerprint density at radius 3 is 2.57 bits per heavy atom. The Hall–Kier alpha value is -3.54. The maximum Gasteiger partial charge on any atom is 0.256 e. The zero-order chi connectivity index (χ0) is 24.4. The number of piperidine rings is 1. The molecule has 35 heavy (non-hydrogen) atoms. The lowest BCUT2D eigenvalue weighted by Crippen LogP contribution is -2.47. The van der Waals surface area contributed by atoms with E-state index in [9.17, 15) is 9.59 Å². The van der Waals surface area contributed by atoms with Gasteiger partial charge in [0.1, 0.15) is 11.4 Å². The molecule has 11 nitrogen and oxygen atoms in total. The van der Waals surface area contributed by atoms with Crippen LogP contribution in [0.25, 0.3) is 11.0 Å². The number of aromatic nitrogens is 3. The third-order valence-corrected chi connectivity index (χ3v) is 6.64. The number of rotatable bonds is 6. The summed E-state index contributed by atoms with van der Waals surface area (Å²) in [5.74, 6) is -0.0595. The summed E-state index contributed by atoms with van der Waals surface area (Å²) in [6.07, 6.45) is 3.39. The van der Waals surface area contributed by atoms with Crippen LogP contribution in [0.1, 0.15) is 23.2 Å². The van der Waals surface area contributed by atoms with Gasteiger partial charge in [0.25, 0.3) is 5.91 Å². The van der Waals surface area contributed by atoms with Crippen molar-refractivity contribution in [3.05, 3.63) is 52.3 Å². The van der Waals surface area contributed by atoms with Crippen LogP contribution < -0.4 is 27.2 Å². The number of nitrogens with two attached hydrogens (primary N) is 2. The SMILES string of the molecule is NC(=O)c1c(N)n(CC2CCNCC2)c2nc(N(c3ccccc3)N3CCOCC3)ncc2c1=O. The highest BCUT2D eigenvalue weighted by Crippen LogP contribution is 2.28. The van der Waals surface area contributed by atoms with Crippen LogP contribution in [0, 0.1) is 5.92 Å². The lowest BCUT2D eigenvalue weighted by molar-refractivity contribution is 0.0372. The van der Waals surface area contributed by atoms with E-state index in [4.69, 9.17) is 21.2 Å². The van der Waals surface area contributed by atoms with Gasteiger partial charge in [-0.1, -0.05) is 18.2 Å². The first-order chi connectivity index (χ1) is 17.0. The standard InChI is InChI=1S/C24H30N8O3/c25-21-19(22(26)34)20(33)18-14-28-24(29-23(18)31(21)15-16-6-8-27-9-7-16)32(17-4-2-1-3-5-17)30-10-12-35-13-11-30/h1-5,14,16,27H,6-13,15,25H2,(H2,26,34). The smallest absolute Gasteiger partial charge is 0.256 e. The Bertz CT molecular complexity index is 1270. The molecule has 3 aromatic rings. The van der Waals surface area contributed by atoms with Gasteiger partial charge in [-0.15, -0.1) is 0 Å². The average molecular weight is 479 g/mol. The van der Waals surface area contributed by atoms with E-state index in [1.807, 2.05) is 35.3 Å². The van der Waals surface area contributed by atoms with Crippen molar-refractivity contribution in [2.45, 2.75) is 19.4 Å². The second-order valence-corrected chi connectivity index (χ2v) is 8.88. The summed E-state index contributed by atoms with van der Waals surface area (Å²) in [5.41, 5.74) is 12.5. The number of hydrazine groups is 1. The first-order valence-corrected chi connectivity index (χ1v) is 11.9. The molecular formula is C24H30N8O3. The molecular weight excluding hydrogens is 448 g/mol. The molecule has 0 unspecified atom stereocenters. The second kappa shape index (κ2) is 9.98. The van der Waals surface area contributed by atoms with Crippen molar-refractivity contribution in [1.29, 1.82) is 0 Å². The number of carbonyl (C=O) groups is 1. The van der Waals surface area contributed by atoms with Crippen LogP contribution in [0.3, 0.4) is 0 Å². The lowest BCUT2D eigenvalue weighted by Gasteiger charge is -2.37. The molecule has 0 spiro atoms. The number of benzene rings is 1. The van der Waals surface area contributed by atoms with Crippen LogP contribution >= 0.6 is 0 Å². The van der Waals surface area contributed by atoms with Gasteiger partial charge in [0.05, 0.1) is 24.3 Å². The molecule has 0 aliphatic carbocycles. The highest BCUT2D eigenvalue weighted by molar-refractivity contribution is 6.00. The molecule has 0 atom stereocenters. The fourth-order valence-electron chi connectivity index (χ4n) is 4.81. The number of pyridine rings is 1. The molecule has 5 N–H and O–H groups in total. The largest absolute Gasteiger partial charge is 0.384 e. The molecule has 0 saturated carbocycles. The van der Waals surface area contributed by atoms with Crippen LogP contribution in [0.2, 0.25) is 0 Å². The van der Waals surface area contributed by atoms with Crippen molar-refractivity contribution in [3.63, 3.8) is 0 Å². The zero-order valence-corrected chi connectivity index (χ0v) is 19.5. The zero-order valence-electron chi connectivity index (χ0n) is 19.5. The van der Waals surface area contributed by atoms with Gasteiger partial charge in [-0.05, 0) is 44.0 Å². The van der Waals surface area contributed by atoms with E-state index in [1.54, 1.807) is 4.57 Å².